The molecule has 0 spiro atoms. The highest BCUT2D eigenvalue weighted by atomic mass is 32.1. The van der Waals surface area contributed by atoms with Gasteiger partial charge in [-0.2, -0.15) is 0 Å². The Hall–Kier alpha value is -4.17. The predicted octanol–water partition coefficient (Wildman–Crippen LogP) is 6.40. The number of Topliss-reactive ketones (excluding diaryl/α,β-unsaturated/α-hetero) is 1. The van der Waals surface area contributed by atoms with Crippen molar-refractivity contribution in [2.75, 3.05) is 36.6 Å². The van der Waals surface area contributed by atoms with E-state index in [0.717, 1.165) is 49.4 Å². The topological polar surface area (TPSA) is 72.0 Å². The molecule has 41 heavy (non-hydrogen) atoms. The third-order valence-electron chi connectivity index (χ3n) is 8.07. The molecular weight excluding hydrogens is 534 g/mol. The number of rotatable bonds is 6. The molecule has 8 heteroatoms. The van der Waals surface area contributed by atoms with Crippen LogP contribution in [0, 0.1) is 5.92 Å². The molecule has 0 radical (unpaired) electrons. The van der Waals surface area contributed by atoms with E-state index in [9.17, 15) is 9.59 Å². The number of ether oxygens (including phenoxy) is 2. The molecule has 0 atom stereocenters. The first-order valence-corrected chi connectivity index (χ1v) is 15.0. The number of nitrogens with zero attached hydrogens (tertiary/aromatic N) is 3. The van der Waals surface area contributed by atoms with Gasteiger partial charge in [0.2, 0.25) is 0 Å². The summed E-state index contributed by atoms with van der Waals surface area (Å²) in [6, 6.07) is 21.5. The number of fused-ring (bicyclic) bond motifs is 4. The van der Waals surface area contributed by atoms with Crippen LogP contribution in [0.1, 0.15) is 50.5 Å². The Morgan fingerprint density at radius 2 is 1.90 bits per heavy atom. The number of carbonyl (C=O) groups is 2. The van der Waals surface area contributed by atoms with E-state index in [0.29, 0.717) is 50.7 Å². The van der Waals surface area contributed by atoms with Crippen molar-refractivity contribution in [1.82, 2.24) is 4.98 Å². The Kier molecular flexibility index (Phi) is 6.71. The van der Waals surface area contributed by atoms with Gasteiger partial charge in [-0.1, -0.05) is 24.3 Å². The molecule has 2 aromatic carbocycles. The van der Waals surface area contributed by atoms with E-state index in [1.807, 2.05) is 53.4 Å². The molecule has 0 N–H and O–H groups in total. The molecule has 4 aromatic rings. The average Bonchev–Trinajstić information content (AvgIpc) is 3.78. The van der Waals surface area contributed by atoms with Crippen LogP contribution in [0.4, 0.5) is 11.5 Å². The number of aromatic nitrogens is 1. The Labute approximate surface area is 243 Å². The van der Waals surface area contributed by atoms with Crippen molar-refractivity contribution in [3.8, 4) is 21.9 Å². The third-order valence-corrected chi connectivity index (χ3v) is 9.32. The van der Waals surface area contributed by atoms with Gasteiger partial charge in [-0.15, -0.1) is 11.3 Å². The summed E-state index contributed by atoms with van der Waals surface area (Å²) in [5.41, 5.74) is 4.41. The van der Waals surface area contributed by atoms with Crippen LogP contribution in [-0.2, 0) is 13.0 Å². The van der Waals surface area contributed by atoms with Gasteiger partial charge in [-0.05, 0) is 73.2 Å². The number of para-hydroxylation sites is 1. The van der Waals surface area contributed by atoms with E-state index >= 15 is 0 Å². The highest BCUT2D eigenvalue weighted by molar-refractivity contribution is 7.17. The summed E-state index contributed by atoms with van der Waals surface area (Å²) in [5, 5.41) is 0. The average molecular weight is 566 g/mol. The van der Waals surface area contributed by atoms with E-state index in [4.69, 9.17) is 14.5 Å². The first kappa shape index (κ1) is 25.8. The summed E-state index contributed by atoms with van der Waals surface area (Å²) in [7, 11) is 1.65. The fraction of sp³-hybridized carbons (Fsp3) is 0.303. The number of anilines is 2. The molecule has 3 aliphatic rings. The number of hydrogen-bond acceptors (Lipinski definition) is 7. The molecule has 7 nitrogen and oxygen atoms in total. The second-order valence-electron chi connectivity index (χ2n) is 10.9. The maximum atomic E-state index is 14.0. The fourth-order valence-electron chi connectivity index (χ4n) is 5.68. The highest BCUT2D eigenvalue weighted by Crippen LogP contribution is 2.43. The number of hydrogen-bond donors (Lipinski definition) is 0. The second kappa shape index (κ2) is 10.7. The monoisotopic (exact) mass is 565 g/mol. The molecule has 7 rings (SSSR count). The standard InChI is InChI=1S/C33H31N3O4S/c1-39-24-11-12-29-23(18-24)20-35(15-16-40-29)31-8-4-6-26(34-31)33(38)36-14-13-22-19-30(28(37)17-21-9-10-21)41-32(22)25-5-2-3-7-27(25)36/h2-8,11-12,18-19,21H,9-10,13-17,20H2,1H3. The molecule has 2 aromatic heterocycles. The van der Waals surface area contributed by atoms with Gasteiger partial charge in [0.25, 0.3) is 5.91 Å². The fourth-order valence-corrected chi connectivity index (χ4v) is 6.87. The lowest BCUT2D eigenvalue weighted by molar-refractivity contribution is 0.0972. The minimum Gasteiger partial charge on any atom is -0.497 e. The summed E-state index contributed by atoms with van der Waals surface area (Å²) in [5.74, 6) is 3.03. The van der Waals surface area contributed by atoms with Crippen molar-refractivity contribution in [2.24, 2.45) is 5.92 Å². The first-order chi connectivity index (χ1) is 20.1. The lowest BCUT2D eigenvalue weighted by Crippen LogP contribution is -2.34. The molecule has 1 aliphatic carbocycles. The maximum Gasteiger partial charge on any atom is 0.276 e. The van der Waals surface area contributed by atoms with Gasteiger partial charge in [0.15, 0.2) is 5.78 Å². The minimum atomic E-state index is -0.132. The molecule has 208 valence electrons. The van der Waals surface area contributed by atoms with Crippen LogP contribution >= 0.6 is 11.3 Å². The van der Waals surface area contributed by atoms with E-state index in [-0.39, 0.29) is 11.7 Å². The van der Waals surface area contributed by atoms with E-state index in [1.165, 1.54) is 12.8 Å². The Bertz CT molecular complexity index is 1640. The Morgan fingerprint density at radius 3 is 2.76 bits per heavy atom. The second-order valence-corrected chi connectivity index (χ2v) is 11.9. The molecule has 1 saturated carbocycles. The zero-order valence-electron chi connectivity index (χ0n) is 23.0. The normalized spacial score (nSPS) is 16.0. The van der Waals surface area contributed by atoms with Gasteiger partial charge in [-0.3, -0.25) is 9.59 Å². The number of benzene rings is 2. The Balaban J connectivity index is 1.17. The van der Waals surface area contributed by atoms with Crippen LogP contribution in [0.2, 0.25) is 0 Å². The molecule has 2 aliphatic heterocycles. The summed E-state index contributed by atoms with van der Waals surface area (Å²) in [6.07, 6.45) is 3.67. The number of amides is 1. The molecule has 0 saturated heterocycles. The molecule has 4 heterocycles. The Morgan fingerprint density at radius 1 is 1.02 bits per heavy atom. The number of thiophene rings is 1. The van der Waals surface area contributed by atoms with Crippen LogP contribution in [0.25, 0.3) is 10.4 Å². The van der Waals surface area contributed by atoms with Crippen LogP contribution in [0.15, 0.2) is 66.7 Å². The molecule has 1 fully saturated rings. The van der Waals surface area contributed by atoms with Gasteiger partial charge in [0.1, 0.15) is 29.6 Å². The van der Waals surface area contributed by atoms with Crippen LogP contribution in [0.5, 0.6) is 11.5 Å². The van der Waals surface area contributed by atoms with Crippen molar-refractivity contribution >= 4 is 34.5 Å². The smallest absolute Gasteiger partial charge is 0.276 e. The number of ketones is 1. The van der Waals surface area contributed by atoms with E-state index < -0.39 is 0 Å². The lowest BCUT2D eigenvalue weighted by atomic mass is 10.1. The van der Waals surface area contributed by atoms with Crippen LogP contribution < -0.4 is 19.3 Å². The number of carbonyl (C=O) groups excluding carboxylic acids is 2. The molecule has 0 unspecified atom stereocenters. The van der Waals surface area contributed by atoms with Crippen molar-refractivity contribution in [2.45, 2.75) is 32.2 Å². The first-order valence-electron chi connectivity index (χ1n) is 14.2. The lowest BCUT2D eigenvalue weighted by Gasteiger charge is -2.24. The largest absolute Gasteiger partial charge is 0.497 e. The van der Waals surface area contributed by atoms with Crippen LogP contribution in [0.3, 0.4) is 0 Å². The van der Waals surface area contributed by atoms with Gasteiger partial charge in [0, 0.05) is 35.5 Å². The summed E-state index contributed by atoms with van der Waals surface area (Å²) in [4.78, 5) is 37.7. The summed E-state index contributed by atoms with van der Waals surface area (Å²) >= 11 is 1.57. The SMILES string of the molecule is COc1ccc2c(c1)CN(c1cccc(C(=O)N3CCc4cc(C(=O)CC5CC5)sc4-c4ccccc43)n1)CCO2. The summed E-state index contributed by atoms with van der Waals surface area (Å²) in [6.45, 7) is 2.29. The van der Waals surface area contributed by atoms with Crippen molar-refractivity contribution in [1.29, 1.82) is 0 Å². The van der Waals surface area contributed by atoms with Gasteiger partial charge < -0.3 is 19.3 Å². The highest BCUT2D eigenvalue weighted by Gasteiger charge is 2.30. The number of methoxy groups -OCH3 is 1. The van der Waals surface area contributed by atoms with Gasteiger partial charge >= 0.3 is 0 Å². The van der Waals surface area contributed by atoms with Crippen molar-refractivity contribution in [3.63, 3.8) is 0 Å². The summed E-state index contributed by atoms with van der Waals surface area (Å²) < 4.78 is 11.4. The zero-order valence-corrected chi connectivity index (χ0v) is 23.8. The quantitative estimate of drug-likeness (QED) is 0.252. The molecular formula is C33H31N3O4S. The zero-order chi connectivity index (χ0) is 27.9. The van der Waals surface area contributed by atoms with E-state index in [1.54, 1.807) is 24.5 Å². The minimum absolute atomic E-state index is 0.132. The molecule has 1 amide bonds. The predicted molar refractivity (Wildman–Crippen MR) is 161 cm³/mol. The maximum absolute atomic E-state index is 14.0. The van der Waals surface area contributed by atoms with E-state index in [2.05, 4.69) is 17.0 Å². The van der Waals surface area contributed by atoms with Gasteiger partial charge in [0.05, 0.1) is 24.2 Å². The molecule has 0 bridgehead atoms. The van der Waals surface area contributed by atoms with Crippen LogP contribution in [-0.4, -0.2) is 43.5 Å². The van der Waals surface area contributed by atoms with Crippen molar-refractivity contribution < 1.29 is 19.1 Å². The van der Waals surface area contributed by atoms with Gasteiger partial charge in [-0.25, -0.2) is 4.98 Å². The van der Waals surface area contributed by atoms with Crippen molar-refractivity contribution in [3.05, 3.63) is 88.4 Å². The number of pyridine rings is 1. The third kappa shape index (κ3) is 5.08.